The molecule has 192 valence electrons. The molecule has 35 heavy (non-hydrogen) atoms. The predicted octanol–water partition coefficient (Wildman–Crippen LogP) is 4.72. The summed E-state index contributed by atoms with van der Waals surface area (Å²) >= 11 is 0. The molecule has 4 bridgehead atoms. The van der Waals surface area contributed by atoms with Crippen LogP contribution in [0.4, 0.5) is 0 Å². The third-order valence-electron chi connectivity index (χ3n) is 12.1. The van der Waals surface area contributed by atoms with Crippen LogP contribution in [0, 0.1) is 22.7 Å². The van der Waals surface area contributed by atoms with Gasteiger partial charge in [-0.25, -0.2) is 0 Å². The molecule has 4 saturated carbocycles. The van der Waals surface area contributed by atoms with E-state index in [0.717, 1.165) is 56.1 Å². The lowest BCUT2D eigenvalue weighted by Crippen LogP contribution is -2.83. The Kier molecular flexibility index (Phi) is 4.42. The van der Waals surface area contributed by atoms with Crippen molar-refractivity contribution in [1.29, 1.82) is 0 Å². The highest BCUT2D eigenvalue weighted by Crippen LogP contribution is 2.78. The Hall–Kier alpha value is -1.30. The summed E-state index contributed by atoms with van der Waals surface area (Å²) in [6.45, 7) is 11.0. The van der Waals surface area contributed by atoms with Crippen molar-refractivity contribution in [2.45, 2.75) is 101 Å². The number of methoxy groups -OCH3 is 2. The fourth-order valence-electron chi connectivity index (χ4n) is 9.73. The Labute approximate surface area is 210 Å². The van der Waals surface area contributed by atoms with E-state index in [1.807, 2.05) is 7.11 Å². The van der Waals surface area contributed by atoms with Crippen LogP contribution in [0.5, 0.6) is 11.5 Å². The van der Waals surface area contributed by atoms with Crippen molar-refractivity contribution in [1.82, 2.24) is 4.90 Å². The van der Waals surface area contributed by atoms with Crippen LogP contribution in [0.2, 0.25) is 0 Å². The smallest absolute Gasteiger partial charge is 0.165 e. The van der Waals surface area contributed by atoms with Gasteiger partial charge in [-0.2, -0.15) is 0 Å². The van der Waals surface area contributed by atoms with E-state index < -0.39 is 11.2 Å². The van der Waals surface area contributed by atoms with Crippen LogP contribution in [0.15, 0.2) is 12.1 Å². The molecule has 5 nitrogen and oxygen atoms in total. The van der Waals surface area contributed by atoms with Crippen LogP contribution in [0.3, 0.4) is 0 Å². The monoisotopic (exact) mass is 481 g/mol. The standard InChI is InChI=1S/C30H43NO4/c1-26(2,3)27(4,32)21-16-28-11-12-30(21,34-6)25-29(28)13-14-31(17-18-7-8-18)22(28)15-19-9-10-20(33-5)24(35-25)23(19)29/h9-10,18,21-22,25,32H,7-8,11-17H2,1-6H3/t21-,22-,25?,27-,28?,29+,30-/m1/s1. The molecule has 2 spiro atoms. The van der Waals surface area contributed by atoms with Crippen molar-refractivity contribution in [3.8, 4) is 11.5 Å². The van der Waals surface area contributed by atoms with E-state index >= 15 is 0 Å². The first kappa shape index (κ1) is 22.9. The molecule has 1 aromatic rings. The Morgan fingerprint density at radius 3 is 2.54 bits per heavy atom. The van der Waals surface area contributed by atoms with Gasteiger partial charge in [0.25, 0.3) is 0 Å². The number of rotatable bonds is 5. The van der Waals surface area contributed by atoms with Gasteiger partial charge in [-0.05, 0) is 81.4 Å². The van der Waals surface area contributed by atoms with E-state index in [1.165, 1.54) is 30.5 Å². The SMILES string of the molecule is COc1ccc2c3c1OC1[C@@]4(OC)CCC5(C[C@@H]4[C@@](C)(O)C(C)(C)C)[C@@H](C2)N(CC2CC2)CC[C@]315. The molecular weight excluding hydrogens is 438 g/mol. The molecule has 7 atom stereocenters. The number of ether oxygens (including phenoxy) is 3. The van der Waals surface area contributed by atoms with E-state index in [9.17, 15) is 5.11 Å². The minimum Gasteiger partial charge on any atom is -0.493 e. The zero-order valence-corrected chi connectivity index (χ0v) is 22.4. The summed E-state index contributed by atoms with van der Waals surface area (Å²) in [6.07, 6.45) is 8.00. The lowest BCUT2D eigenvalue weighted by atomic mass is 9.33. The molecule has 0 aromatic heterocycles. The van der Waals surface area contributed by atoms with Crippen LogP contribution in [0.25, 0.3) is 0 Å². The molecule has 1 aromatic carbocycles. The largest absolute Gasteiger partial charge is 0.493 e. The normalized spacial score (nSPS) is 42.9. The first-order valence-electron chi connectivity index (χ1n) is 13.9. The van der Waals surface area contributed by atoms with Crippen molar-refractivity contribution >= 4 is 0 Å². The van der Waals surface area contributed by atoms with Gasteiger partial charge >= 0.3 is 0 Å². The van der Waals surface area contributed by atoms with Gasteiger partial charge < -0.3 is 19.3 Å². The second-order valence-corrected chi connectivity index (χ2v) is 14.0. The quantitative estimate of drug-likeness (QED) is 0.660. The summed E-state index contributed by atoms with van der Waals surface area (Å²) in [6, 6.07) is 4.93. The fraction of sp³-hybridized carbons (Fsp3) is 0.800. The molecule has 2 heterocycles. The number of aliphatic hydroxyl groups is 1. The molecule has 5 aliphatic carbocycles. The number of hydrogen-bond donors (Lipinski definition) is 1. The zero-order valence-electron chi connectivity index (χ0n) is 22.4. The summed E-state index contributed by atoms with van der Waals surface area (Å²) in [5.41, 5.74) is 1.26. The molecule has 0 radical (unpaired) electrons. The van der Waals surface area contributed by atoms with Gasteiger partial charge in [0.05, 0.1) is 12.7 Å². The van der Waals surface area contributed by atoms with Crippen molar-refractivity contribution in [3.05, 3.63) is 23.3 Å². The number of nitrogens with zero attached hydrogens (tertiary/aromatic N) is 1. The molecular formula is C30H43NO4. The first-order valence-corrected chi connectivity index (χ1v) is 13.9. The number of benzene rings is 1. The third kappa shape index (κ3) is 2.47. The second kappa shape index (κ2) is 6.76. The van der Waals surface area contributed by atoms with E-state index in [-0.39, 0.29) is 28.3 Å². The van der Waals surface area contributed by atoms with Gasteiger partial charge in [-0.1, -0.05) is 26.8 Å². The second-order valence-electron chi connectivity index (χ2n) is 14.0. The lowest BCUT2D eigenvalue weighted by Gasteiger charge is -2.75. The van der Waals surface area contributed by atoms with Gasteiger partial charge in [0.15, 0.2) is 11.5 Å². The Balaban J connectivity index is 1.48. The molecule has 5 heteroatoms. The molecule has 0 amide bonds. The third-order valence-corrected chi connectivity index (χ3v) is 12.1. The summed E-state index contributed by atoms with van der Waals surface area (Å²) in [4.78, 5) is 2.86. The number of fused-ring (bicyclic) bond motifs is 2. The predicted molar refractivity (Wildman–Crippen MR) is 135 cm³/mol. The van der Waals surface area contributed by atoms with Crippen molar-refractivity contribution < 1.29 is 19.3 Å². The number of hydrogen-bond acceptors (Lipinski definition) is 5. The zero-order chi connectivity index (χ0) is 24.6. The summed E-state index contributed by atoms with van der Waals surface area (Å²) in [7, 11) is 3.63. The highest BCUT2D eigenvalue weighted by molar-refractivity contribution is 5.63. The Morgan fingerprint density at radius 1 is 1.11 bits per heavy atom. The lowest BCUT2D eigenvalue weighted by molar-refractivity contribution is -0.312. The number of piperidine rings is 1. The van der Waals surface area contributed by atoms with Gasteiger partial charge in [0.2, 0.25) is 0 Å². The highest BCUT2D eigenvalue weighted by atomic mass is 16.6. The maximum atomic E-state index is 12.3. The van der Waals surface area contributed by atoms with Crippen LogP contribution >= 0.6 is 0 Å². The van der Waals surface area contributed by atoms with Gasteiger partial charge in [0, 0.05) is 42.0 Å². The minimum atomic E-state index is -0.879. The van der Waals surface area contributed by atoms with Gasteiger partial charge in [0.1, 0.15) is 11.7 Å². The van der Waals surface area contributed by atoms with Gasteiger partial charge in [-0.15, -0.1) is 0 Å². The van der Waals surface area contributed by atoms with E-state index in [2.05, 4.69) is 44.7 Å². The first-order chi connectivity index (χ1) is 16.6. The van der Waals surface area contributed by atoms with Gasteiger partial charge in [-0.3, -0.25) is 4.90 Å². The highest BCUT2D eigenvalue weighted by Gasteiger charge is 2.82. The fourth-order valence-corrected chi connectivity index (χ4v) is 9.73. The van der Waals surface area contributed by atoms with E-state index in [0.29, 0.717) is 6.04 Å². The summed E-state index contributed by atoms with van der Waals surface area (Å²) in [5.74, 6) is 2.71. The Bertz CT molecular complexity index is 1070. The molecule has 1 N–H and O–H groups in total. The maximum absolute atomic E-state index is 12.3. The molecule has 7 aliphatic rings. The van der Waals surface area contributed by atoms with Crippen molar-refractivity contribution in [3.63, 3.8) is 0 Å². The minimum absolute atomic E-state index is 0.0112. The van der Waals surface area contributed by atoms with E-state index in [1.54, 1.807) is 7.11 Å². The average molecular weight is 482 g/mol. The van der Waals surface area contributed by atoms with E-state index in [4.69, 9.17) is 14.2 Å². The number of likely N-dealkylation sites (tertiary alicyclic amines) is 1. The average Bonchev–Trinajstić information content (AvgIpc) is 3.56. The molecule has 8 rings (SSSR count). The van der Waals surface area contributed by atoms with Crippen LogP contribution in [0.1, 0.15) is 77.3 Å². The van der Waals surface area contributed by atoms with Crippen LogP contribution in [-0.2, 0) is 16.6 Å². The summed E-state index contributed by atoms with van der Waals surface area (Å²) in [5, 5.41) is 12.3. The Morgan fingerprint density at radius 2 is 1.89 bits per heavy atom. The maximum Gasteiger partial charge on any atom is 0.165 e. The molecule has 1 saturated heterocycles. The molecule has 2 unspecified atom stereocenters. The van der Waals surface area contributed by atoms with Crippen molar-refractivity contribution in [2.75, 3.05) is 27.3 Å². The van der Waals surface area contributed by atoms with Crippen LogP contribution < -0.4 is 9.47 Å². The van der Waals surface area contributed by atoms with Crippen molar-refractivity contribution in [2.24, 2.45) is 22.7 Å². The summed E-state index contributed by atoms with van der Waals surface area (Å²) < 4.78 is 19.6. The molecule has 2 aliphatic heterocycles. The van der Waals surface area contributed by atoms with Crippen LogP contribution in [-0.4, -0.2) is 60.7 Å². The topological polar surface area (TPSA) is 51.2 Å². The molecule has 5 fully saturated rings.